The van der Waals surface area contributed by atoms with E-state index in [-0.39, 0.29) is 5.48 Å². The number of halogens is 1. The molecule has 5 heteroatoms. The van der Waals surface area contributed by atoms with Gasteiger partial charge in [0.05, 0.1) is 5.97 Å². The first-order valence-corrected chi connectivity index (χ1v) is 4.96. The van der Waals surface area contributed by atoms with Crippen molar-refractivity contribution in [2.45, 2.75) is 12.5 Å². The molecule has 1 rings (SSSR count). The molecule has 0 aromatic heterocycles. The molecule has 0 bridgehead atoms. The number of carbonyl (C=O) groups excluding carboxylic acids is 1. The van der Waals surface area contributed by atoms with E-state index in [1.807, 2.05) is 24.3 Å². The Morgan fingerprint density at radius 1 is 1.43 bits per heavy atom. The lowest BCUT2D eigenvalue weighted by Gasteiger charge is -2.08. The Morgan fingerprint density at radius 3 is 2.36 bits per heavy atom. The van der Waals surface area contributed by atoms with Gasteiger partial charge in [0, 0.05) is 9.99 Å². The zero-order chi connectivity index (χ0) is 9.84. The van der Waals surface area contributed by atoms with Crippen LogP contribution in [0.1, 0.15) is 5.56 Å². The average Bonchev–Trinajstić information content (AvgIpc) is 2.08. The van der Waals surface area contributed by atoms with Crippen LogP contribution >= 0.6 is 22.6 Å². The minimum absolute atomic E-state index is 0. The number of quaternary nitrogens is 1. The Kier molecular flexibility index (Phi) is 5.66. The van der Waals surface area contributed by atoms with Gasteiger partial charge in [-0.05, 0) is 40.3 Å². The molecular formula is C9H12INO3. The third-order valence-corrected chi connectivity index (χ3v) is 2.45. The van der Waals surface area contributed by atoms with Crippen LogP contribution in [0.25, 0.3) is 0 Å². The summed E-state index contributed by atoms with van der Waals surface area (Å²) in [6, 6.07) is 7.03. The monoisotopic (exact) mass is 309 g/mol. The van der Waals surface area contributed by atoms with Crippen molar-refractivity contribution >= 4 is 28.6 Å². The summed E-state index contributed by atoms with van der Waals surface area (Å²) in [6.07, 6.45) is 0.430. The Labute approximate surface area is 95.6 Å². The molecule has 0 radical (unpaired) electrons. The normalized spacial score (nSPS) is 11.6. The van der Waals surface area contributed by atoms with Gasteiger partial charge in [-0.2, -0.15) is 0 Å². The van der Waals surface area contributed by atoms with Gasteiger partial charge < -0.3 is 21.1 Å². The molecule has 0 amide bonds. The molecule has 4 nitrogen and oxygen atoms in total. The Balaban J connectivity index is 0.00000169. The van der Waals surface area contributed by atoms with Gasteiger partial charge in [-0.3, -0.25) is 0 Å². The summed E-state index contributed by atoms with van der Waals surface area (Å²) < 4.78 is 1.13. The van der Waals surface area contributed by atoms with Crippen LogP contribution in [0, 0.1) is 3.57 Å². The van der Waals surface area contributed by atoms with Crippen molar-refractivity contribution < 1.29 is 21.1 Å². The molecule has 0 aliphatic rings. The second kappa shape index (κ2) is 5.94. The van der Waals surface area contributed by atoms with Crippen LogP contribution in [-0.4, -0.2) is 17.5 Å². The SMILES string of the molecule is O.[NH3+][C@@H](Cc1ccc(I)cc1)C(=O)[O-]. The summed E-state index contributed by atoms with van der Waals surface area (Å²) >= 11 is 2.20. The topological polar surface area (TPSA) is 99.3 Å². The van der Waals surface area contributed by atoms with Crippen molar-refractivity contribution in [3.05, 3.63) is 33.4 Å². The van der Waals surface area contributed by atoms with E-state index in [1.165, 1.54) is 0 Å². The van der Waals surface area contributed by atoms with Gasteiger partial charge in [0.1, 0.15) is 6.04 Å². The maximum atomic E-state index is 10.4. The van der Waals surface area contributed by atoms with Crippen molar-refractivity contribution in [2.24, 2.45) is 0 Å². The summed E-state index contributed by atoms with van der Waals surface area (Å²) in [7, 11) is 0. The van der Waals surface area contributed by atoms with E-state index < -0.39 is 12.0 Å². The van der Waals surface area contributed by atoms with E-state index in [2.05, 4.69) is 28.3 Å². The molecular weight excluding hydrogens is 297 g/mol. The quantitative estimate of drug-likeness (QED) is 0.678. The third kappa shape index (κ3) is 4.03. The minimum Gasteiger partial charge on any atom is -0.544 e. The first-order chi connectivity index (χ1) is 6.09. The van der Waals surface area contributed by atoms with E-state index in [0.717, 1.165) is 9.13 Å². The molecule has 0 aliphatic heterocycles. The van der Waals surface area contributed by atoms with Gasteiger partial charge in [0.25, 0.3) is 0 Å². The molecule has 1 aromatic rings. The zero-order valence-electron chi connectivity index (χ0n) is 7.50. The summed E-state index contributed by atoms with van der Waals surface area (Å²) in [5.74, 6) is -1.10. The third-order valence-electron chi connectivity index (χ3n) is 1.73. The van der Waals surface area contributed by atoms with Crippen molar-refractivity contribution in [1.82, 2.24) is 0 Å². The van der Waals surface area contributed by atoms with Crippen molar-refractivity contribution in [3.63, 3.8) is 0 Å². The van der Waals surface area contributed by atoms with Crippen LogP contribution in [0.15, 0.2) is 24.3 Å². The van der Waals surface area contributed by atoms with Crippen LogP contribution in [0.4, 0.5) is 0 Å². The van der Waals surface area contributed by atoms with Gasteiger partial charge in [-0.15, -0.1) is 0 Å². The minimum atomic E-state index is -1.10. The van der Waals surface area contributed by atoms with E-state index >= 15 is 0 Å². The van der Waals surface area contributed by atoms with E-state index in [9.17, 15) is 9.90 Å². The van der Waals surface area contributed by atoms with Crippen LogP contribution in [-0.2, 0) is 11.2 Å². The molecule has 0 heterocycles. The van der Waals surface area contributed by atoms with Crippen LogP contribution in [0.3, 0.4) is 0 Å². The first-order valence-electron chi connectivity index (χ1n) is 3.88. The van der Waals surface area contributed by atoms with Gasteiger partial charge >= 0.3 is 0 Å². The zero-order valence-corrected chi connectivity index (χ0v) is 9.65. The molecule has 14 heavy (non-hydrogen) atoms. The van der Waals surface area contributed by atoms with E-state index in [1.54, 1.807) is 0 Å². The van der Waals surface area contributed by atoms with Crippen LogP contribution in [0.5, 0.6) is 0 Å². The fourth-order valence-corrected chi connectivity index (χ4v) is 1.35. The molecule has 0 spiro atoms. The lowest BCUT2D eigenvalue weighted by molar-refractivity contribution is -0.437. The highest BCUT2D eigenvalue weighted by Crippen LogP contribution is 2.07. The largest absolute Gasteiger partial charge is 0.544 e. The fourth-order valence-electron chi connectivity index (χ4n) is 0.988. The second-order valence-electron chi connectivity index (χ2n) is 2.85. The number of rotatable bonds is 3. The molecule has 1 atom stereocenters. The number of aliphatic carboxylic acids is 1. The number of benzene rings is 1. The van der Waals surface area contributed by atoms with Gasteiger partial charge in [-0.25, -0.2) is 0 Å². The van der Waals surface area contributed by atoms with Gasteiger partial charge in [-0.1, -0.05) is 12.1 Å². The maximum absolute atomic E-state index is 10.4. The number of carboxylic acids is 1. The highest BCUT2D eigenvalue weighted by Gasteiger charge is 2.07. The Hall–Kier alpha value is -0.660. The van der Waals surface area contributed by atoms with E-state index in [0.29, 0.717) is 6.42 Å². The van der Waals surface area contributed by atoms with Crippen LogP contribution < -0.4 is 10.8 Å². The van der Waals surface area contributed by atoms with Crippen LogP contribution in [0.2, 0.25) is 0 Å². The van der Waals surface area contributed by atoms with Gasteiger partial charge in [0.2, 0.25) is 0 Å². The molecule has 0 aliphatic carbocycles. The number of hydrogen-bond donors (Lipinski definition) is 1. The predicted octanol–water partition coefficient (Wildman–Crippen LogP) is -1.63. The highest BCUT2D eigenvalue weighted by atomic mass is 127. The molecule has 0 saturated heterocycles. The Bertz CT molecular complexity index is 299. The molecule has 0 saturated carbocycles. The summed E-state index contributed by atoms with van der Waals surface area (Å²) in [5, 5.41) is 10.4. The molecule has 5 N–H and O–H groups in total. The fraction of sp³-hybridized carbons (Fsp3) is 0.222. The summed E-state index contributed by atoms with van der Waals surface area (Å²) in [6.45, 7) is 0. The second-order valence-corrected chi connectivity index (χ2v) is 4.09. The summed E-state index contributed by atoms with van der Waals surface area (Å²) in [5.41, 5.74) is 4.47. The smallest absolute Gasteiger partial charge is 0.129 e. The summed E-state index contributed by atoms with van der Waals surface area (Å²) in [4.78, 5) is 10.4. The maximum Gasteiger partial charge on any atom is 0.129 e. The van der Waals surface area contributed by atoms with Crippen molar-refractivity contribution in [2.75, 3.05) is 0 Å². The number of carboxylic acid groups (broad SMARTS) is 1. The van der Waals surface area contributed by atoms with Crippen molar-refractivity contribution in [3.8, 4) is 0 Å². The highest BCUT2D eigenvalue weighted by molar-refractivity contribution is 14.1. The average molecular weight is 309 g/mol. The number of hydrogen-bond acceptors (Lipinski definition) is 2. The first kappa shape index (κ1) is 13.3. The molecule has 1 aromatic carbocycles. The van der Waals surface area contributed by atoms with Gasteiger partial charge in [0.15, 0.2) is 0 Å². The lowest BCUT2D eigenvalue weighted by atomic mass is 10.1. The molecule has 0 unspecified atom stereocenters. The number of carbonyl (C=O) groups is 1. The Morgan fingerprint density at radius 2 is 1.93 bits per heavy atom. The predicted molar refractivity (Wildman–Crippen MR) is 58.2 cm³/mol. The van der Waals surface area contributed by atoms with Crippen molar-refractivity contribution in [1.29, 1.82) is 0 Å². The molecule has 0 fully saturated rings. The molecule has 78 valence electrons. The standard InChI is InChI=1S/C9H10INO2.H2O/c10-7-3-1-6(2-4-7)5-8(11)9(12)13;/h1-4,8H,5,11H2,(H,12,13);1H2/t8-;/m0./s1. The van der Waals surface area contributed by atoms with E-state index in [4.69, 9.17) is 0 Å². The lowest BCUT2D eigenvalue weighted by Crippen LogP contribution is -2.69.